The minimum Gasteiger partial charge on any atom is -0.0563 e. The number of carbonyl (C=O) groups excluding carboxylic acids is 5. The van der Waals surface area contributed by atoms with Gasteiger partial charge in [-0.1, -0.05) is 13.8 Å². The summed E-state index contributed by atoms with van der Waals surface area (Å²) >= 11 is -2.45. The molecule has 6 atom stereocenters. The number of alkyl halides is 2. The SMILES string of the molecule is CCn1c(-c2cccnc2[C@H](C)OC)c2c3cc(ccc31)-c1cccc(c1)C[C@H](NC(=O)[C@H](C(C)C)N(C)C(=O)I1CCN(C(=O)C#C[C@H]3CC[C@@H]4COCCN43)C1)C(=O)N1CCC[C@H](N1)C(=O)OCC(C)(C)C2. The van der Waals surface area contributed by atoms with Crippen LogP contribution in [0.1, 0.15) is 90.2 Å². The third-order valence-corrected chi connectivity index (χ3v) is 20.9. The molecule has 17 heteroatoms. The smallest absolute Gasteiger partial charge is 0.0563 e. The Bertz CT molecular complexity index is 2840. The molecule has 0 spiro atoms. The van der Waals surface area contributed by atoms with Crippen LogP contribution >= 0.6 is 19.8 Å². The van der Waals surface area contributed by atoms with Crippen LogP contribution in [0.3, 0.4) is 0 Å². The Labute approximate surface area is 442 Å². The molecule has 2 N–H and O–H groups in total. The summed E-state index contributed by atoms with van der Waals surface area (Å²) in [5.41, 5.74) is 10.5. The molecule has 4 aromatic rings. The van der Waals surface area contributed by atoms with Crippen molar-refractivity contribution in [1.29, 1.82) is 0 Å². The molecule has 396 valence electrons. The van der Waals surface area contributed by atoms with Crippen molar-refractivity contribution in [3.8, 4) is 34.2 Å². The van der Waals surface area contributed by atoms with E-state index in [9.17, 15) is 24.0 Å². The number of amides is 4. The van der Waals surface area contributed by atoms with Gasteiger partial charge in [0.1, 0.15) is 0 Å². The zero-order chi connectivity index (χ0) is 52.4. The molecule has 0 saturated carbocycles. The number of ether oxygens (including phenoxy) is 3. The predicted octanol–water partition coefficient (Wildman–Crippen LogP) is 7.00. The Morgan fingerprint density at radius 2 is 1.84 bits per heavy atom. The van der Waals surface area contributed by atoms with Crippen LogP contribution in [0.15, 0.2) is 60.8 Å². The van der Waals surface area contributed by atoms with Crippen LogP contribution in [0, 0.1) is 23.2 Å². The minimum absolute atomic E-state index is 0.0359. The van der Waals surface area contributed by atoms with Crippen molar-refractivity contribution in [3.63, 3.8) is 0 Å². The van der Waals surface area contributed by atoms with Crippen LogP contribution in [0.2, 0.25) is 0 Å². The summed E-state index contributed by atoms with van der Waals surface area (Å²) in [5, 5.41) is 5.65. The molecule has 9 rings (SSSR count). The number of hydrogen-bond acceptors (Lipinski definition) is 11. The number of fused-ring (bicyclic) bond motifs is 7. The molecular formula is C57H73IN8O8. The van der Waals surface area contributed by atoms with Crippen molar-refractivity contribution in [2.24, 2.45) is 11.3 Å². The Morgan fingerprint density at radius 1 is 1.03 bits per heavy atom. The van der Waals surface area contributed by atoms with E-state index >= 15 is 0 Å². The van der Waals surface area contributed by atoms with Crippen molar-refractivity contribution in [1.82, 2.24) is 40.0 Å². The van der Waals surface area contributed by atoms with Crippen molar-refractivity contribution in [2.75, 3.05) is 62.6 Å². The van der Waals surface area contributed by atoms with E-state index in [1.807, 2.05) is 39.0 Å². The number of aromatic nitrogens is 2. The second kappa shape index (κ2) is 22.8. The van der Waals surface area contributed by atoms with Crippen molar-refractivity contribution < 1.29 is 38.2 Å². The molecule has 16 nitrogen and oxygen atoms in total. The molecule has 2 aromatic carbocycles. The van der Waals surface area contributed by atoms with Gasteiger partial charge in [0.05, 0.1) is 24.1 Å². The number of hydrazine groups is 1. The zero-order valence-electron chi connectivity index (χ0n) is 44.2. The average Bonchev–Trinajstić information content (AvgIpc) is 4.15. The number of benzene rings is 2. The molecule has 2 aromatic heterocycles. The summed E-state index contributed by atoms with van der Waals surface area (Å²) in [6, 6.07) is 16.4. The van der Waals surface area contributed by atoms with Crippen LogP contribution in [0.5, 0.6) is 0 Å². The standard InChI is InChI=1S/C57H73IN8O8/c1-9-64-48-21-17-40-31-44(48)45(52(64)43-15-11-24-59-50(43)37(4)72-8)32-57(5,6)34-74-55(70)46-16-12-25-66(61-46)54(69)47(30-38-13-10-14-39(40)29-38)60-53(68)51(36(2)3)62(7)56(71)58-23-26-63(35-58)49(67)22-20-41-18-19-42-33-73-28-27-65(41)42/h10-11,13-15,17,21,24,29,31,36-37,41-42,46-47,51,61H,9,12,16,18-19,23,25-28,30,32-35H2,1-8H3,(H,60,68)/t37-,41+,42+,46-,47-,51-/m0/s1. The van der Waals surface area contributed by atoms with E-state index in [-0.39, 0.29) is 46.8 Å². The predicted molar refractivity (Wildman–Crippen MR) is 293 cm³/mol. The van der Waals surface area contributed by atoms with Crippen molar-refractivity contribution in [2.45, 2.75) is 123 Å². The van der Waals surface area contributed by atoms with Crippen LogP contribution in [0.4, 0.5) is 4.79 Å². The first-order chi connectivity index (χ1) is 35.5. The number of pyridine rings is 1. The number of rotatable bonds is 9. The van der Waals surface area contributed by atoms with Gasteiger partial charge >= 0.3 is 307 Å². The summed E-state index contributed by atoms with van der Waals surface area (Å²) in [6.45, 7) is 16.0. The molecule has 4 amide bonds. The van der Waals surface area contributed by atoms with Gasteiger partial charge < -0.3 is 9.30 Å². The molecule has 4 fully saturated rings. The van der Waals surface area contributed by atoms with E-state index < -0.39 is 55.2 Å². The van der Waals surface area contributed by atoms with E-state index in [1.54, 1.807) is 30.2 Å². The van der Waals surface area contributed by atoms with Gasteiger partial charge in [-0.2, -0.15) is 0 Å². The topological polar surface area (TPSA) is 168 Å². The Hall–Kier alpha value is -5.39. The third kappa shape index (κ3) is 11.3. The summed E-state index contributed by atoms with van der Waals surface area (Å²) in [4.78, 5) is 81.8. The normalized spacial score (nSPS) is 23.6. The molecule has 0 unspecified atom stereocenters. The van der Waals surface area contributed by atoms with Gasteiger partial charge in [-0.15, -0.1) is 0 Å². The van der Waals surface area contributed by atoms with Gasteiger partial charge in [0.15, 0.2) is 0 Å². The number of methoxy groups -OCH3 is 1. The van der Waals surface area contributed by atoms with Crippen LogP contribution in [-0.2, 0) is 52.8 Å². The monoisotopic (exact) mass is 1120 g/mol. The first-order valence-corrected chi connectivity index (χ1v) is 30.5. The number of halogens is 1. The molecule has 0 aliphatic carbocycles. The van der Waals surface area contributed by atoms with Crippen LogP contribution in [-0.4, -0.2) is 150 Å². The number of carbonyl (C=O) groups is 5. The third-order valence-electron chi connectivity index (χ3n) is 15.4. The number of morpholine rings is 1. The first kappa shape index (κ1) is 53.4. The summed E-state index contributed by atoms with van der Waals surface area (Å²) < 4.78 is 20.9. The Balaban J connectivity index is 1.00. The van der Waals surface area contributed by atoms with Gasteiger partial charge in [-0.25, -0.2) is 0 Å². The molecule has 5 aliphatic rings. The fourth-order valence-corrected chi connectivity index (χ4v) is 16.8. The maximum absolute atomic E-state index is 14.9. The quantitative estimate of drug-likeness (QED) is 0.0443. The second-order valence-electron chi connectivity index (χ2n) is 21.6. The summed E-state index contributed by atoms with van der Waals surface area (Å²) in [6.07, 6.45) is 5.22. The average molecular weight is 1130 g/mol. The molecular weight excluding hydrogens is 1050 g/mol. The molecule has 6 bridgehead atoms. The van der Waals surface area contributed by atoms with E-state index in [2.05, 4.69) is 89.2 Å². The van der Waals surface area contributed by atoms with Crippen molar-refractivity contribution >= 4 is 58.3 Å². The fourth-order valence-electron chi connectivity index (χ4n) is 11.5. The summed E-state index contributed by atoms with van der Waals surface area (Å²) in [7, 11) is 3.36. The van der Waals surface area contributed by atoms with Crippen molar-refractivity contribution in [3.05, 3.63) is 77.6 Å². The number of nitrogens with zero attached hydrogens (tertiary/aromatic N) is 6. The van der Waals surface area contributed by atoms with Gasteiger partial charge in [0.2, 0.25) is 0 Å². The van der Waals surface area contributed by atoms with Gasteiger partial charge in [-0.05, 0) is 44.0 Å². The minimum atomic E-state index is -2.45. The van der Waals surface area contributed by atoms with Gasteiger partial charge in [0.25, 0.3) is 0 Å². The van der Waals surface area contributed by atoms with Crippen LogP contribution in [0.25, 0.3) is 33.3 Å². The molecule has 4 saturated heterocycles. The maximum atomic E-state index is 14.9. The van der Waals surface area contributed by atoms with Gasteiger partial charge in [-0.3, -0.25) is 4.98 Å². The number of esters is 1. The first-order valence-electron chi connectivity index (χ1n) is 26.3. The number of hydrogen-bond donors (Lipinski definition) is 2. The summed E-state index contributed by atoms with van der Waals surface area (Å²) in [5.74, 6) is 4.30. The Kier molecular flexibility index (Phi) is 16.5. The fraction of sp³-hybridized carbons (Fsp3) is 0.544. The van der Waals surface area contributed by atoms with E-state index in [0.29, 0.717) is 67.1 Å². The van der Waals surface area contributed by atoms with E-state index in [1.165, 1.54) is 5.01 Å². The Morgan fingerprint density at radius 3 is 2.62 bits per heavy atom. The van der Waals surface area contributed by atoms with E-state index in [4.69, 9.17) is 19.2 Å². The van der Waals surface area contributed by atoms with Gasteiger partial charge in [0, 0.05) is 41.7 Å². The van der Waals surface area contributed by atoms with Crippen LogP contribution < -0.4 is 10.7 Å². The molecule has 0 radical (unpaired) electrons. The molecule has 7 heterocycles. The number of aryl methyl sites for hydroxylation is 1. The van der Waals surface area contributed by atoms with E-state index in [0.717, 1.165) is 69.5 Å². The molecule has 74 heavy (non-hydrogen) atoms. The second-order valence-corrected chi connectivity index (χ2v) is 26.8. The molecule has 5 aliphatic heterocycles. The number of cyclic esters (lactones) is 1. The number of nitrogens with one attached hydrogen (secondary N) is 2. The number of likely N-dealkylation sites (N-methyl/N-ethyl adjacent to an activating group) is 1. The zero-order valence-corrected chi connectivity index (χ0v) is 46.4.